The molecule has 32 heavy (non-hydrogen) atoms. The van der Waals surface area contributed by atoms with Crippen LogP contribution in [0.25, 0.3) is 0 Å². The van der Waals surface area contributed by atoms with Gasteiger partial charge in [0.25, 0.3) is 5.91 Å². The fourth-order valence-electron chi connectivity index (χ4n) is 2.64. The van der Waals surface area contributed by atoms with Crippen LogP contribution in [0, 0.1) is 5.92 Å². The van der Waals surface area contributed by atoms with Crippen LogP contribution in [-0.2, 0) is 25.4 Å². The molecule has 0 aliphatic heterocycles. The Morgan fingerprint density at radius 3 is 2.22 bits per heavy atom. The lowest BCUT2D eigenvalue weighted by atomic mass is 10.1. The van der Waals surface area contributed by atoms with Gasteiger partial charge in [0.2, 0.25) is 15.4 Å². The van der Waals surface area contributed by atoms with E-state index in [1.807, 2.05) is 5.32 Å². The largest absolute Gasteiger partial charge is 0.426 e. The molecule has 3 rings (SSSR count). The fraction of sp³-hybridized carbons (Fsp3) is 0.350. The third-order valence-corrected chi connectivity index (χ3v) is 8.63. The summed E-state index contributed by atoms with van der Waals surface area (Å²) in [5.41, 5.74) is -3.96. The number of amides is 1. The predicted octanol–water partition coefficient (Wildman–Crippen LogP) is 3.94. The summed E-state index contributed by atoms with van der Waals surface area (Å²) in [4.78, 5) is 12.0. The number of hydrogen-bond donors (Lipinski definition) is 2. The van der Waals surface area contributed by atoms with Crippen molar-refractivity contribution in [3.8, 4) is 0 Å². The van der Waals surface area contributed by atoms with Gasteiger partial charge in [-0.2, -0.15) is 13.2 Å². The Hall–Kier alpha value is -1.95. The van der Waals surface area contributed by atoms with Crippen LogP contribution in [0.5, 0.6) is 0 Å². The van der Waals surface area contributed by atoms with E-state index < -0.39 is 38.3 Å². The van der Waals surface area contributed by atoms with E-state index in [0.29, 0.717) is 16.6 Å². The van der Waals surface area contributed by atoms with Crippen molar-refractivity contribution in [3.63, 3.8) is 0 Å². The van der Waals surface area contributed by atoms with Crippen molar-refractivity contribution in [2.45, 2.75) is 46.2 Å². The quantitative estimate of drug-likeness (QED) is 0.589. The van der Waals surface area contributed by atoms with Gasteiger partial charge in [0.1, 0.15) is 0 Å². The summed E-state index contributed by atoms with van der Waals surface area (Å²) in [6, 6.07) is 8.66. The number of anilines is 1. The first-order valence-electron chi connectivity index (χ1n) is 9.37. The second-order valence-electron chi connectivity index (χ2n) is 7.60. The molecular weight excluding hydrogens is 491 g/mol. The molecule has 1 aliphatic carbocycles. The summed E-state index contributed by atoms with van der Waals surface area (Å²) in [6.45, 7) is 0.288. The number of hydrogen-bond acceptors (Lipinski definition) is 5. The van der Waals surface area contributed by atoms with Crippen LogP contribution in [0.4, 0.5) is 18.9 Å². The number of nitrogens with one attached hydrogen (secondary N) is 1. The van der Waals surface area contributed by atoms with E-state index in [-0.39, 0.29) is 27.4 Å². The molecule has 2 aromatic rings. The summed E-state index contributed by atoms with van der Waals surface area (Å²) in [7, 11) is -5.25. The molecule has 0 bridgehead atoms. The Morgan fingerprint density at radius 2 is 1.72 bits per heavy atom. The van der Waals surface area contributed by atoms with Crippen molar-refractivity contribution in [2.75, 3.05) is 11.1 Å². The molecule has 2 N–H and O–H groups in total. The first kappa shape index (κ1) is 24.7. The molecule has 0 radical (unpaired) electrons. The zero-order chi connectivity index (χ0) is 23.9. The minimum absolute atomic E-state index is 0.0856. The number of benzene rings is 2. The molecule has 2 aromatic carbocycles. The van der Waals surface area contributed by atoms with Gasteiger partial charge in [-0.05, 0) is 68.1 Å². The summed E-state index contributed by atoms with van der Waals surface area (Å²) < 4.78 is 76.4. The van der Waals surface area contributed by atoms with Crippen molar-refractivity contribution >= 4 is 43.8 Å². The number of sulfone groups is 1. The first-order valence-corrected chi connectivity index (χ1v) is 12.5. The average Bonchev–Trinajstić information content (AvgIpc) is 3.52. The standard InChI is InChI=1S/C20H19ClF3NO5S2/c1-19(27,20(22,23)24)18(26)25-17-9-8-15(10-16(17)21)32(29,30)14-6-4-13(5-7-14)31(28)11-12-2-3-12/h4-10,12,27H,2-3,11H2,1H3,(H,25,26). The van der Waals surface area contributed by atoms with Crippen molar-refractivity contribution in [1.82, 2.24) is 0 Å². The molecular formula is C20H19ClF3NO5S2. The van der Waals surface area contributed by atoms with E-state index in [1.54, 1.807) is 0 Å². The minimum Gasteiger partial charge on any atom is -0.373 e. The number of carbonyl (C=O) groups is 1. The smallest absolute Gasteiger partial charge is 0.373 e. The molecule has 1 saturated carbocycles. The maximum Gasteiger partial charge on any atom is 0.426 e. The zero-order valence-electron chi connectivity index (χ0n) is 16.6. The number of rotatable bonds is 7. The van der Waals surface area contributed by atoms with Crippen LogP contribution in [0.1, 0.15) is 19.8 Å². The lowest BCUT2D eigenvalue weighted by Crippen LogP contribution is -2.52. The topological polar surface area (TPSA) is 101 Å². The van der Waals surface area contributed by atoms with Gasteiger partial charge in [0.15, 0.2) is 0 Å². The van der Waals surface area contributed by atoms with E-state index in [9.17, 15) is 35.7 Å². The van der Waals surface area contributed by atoms with E-state index >= 15 is 0 Å². The molecule has 6 nitrogen and oxygen atoms in total. The molecule has 0 saturated heterocycles. The number of carbonyl (C=O) groups excluding carboxylic acids is 1. The molecule has 1 amide bonds. The maximum atomic E-state index is 12.9. The van der Waals surface area contributed by atoms with Crippen molar-refractivity contribution in [1.29, 1.82) is 0 Å². The summed E-state index contributed by atoms with van der Waals surface area (Å²) in [6.07, 6.45) is -3.13. The number of aliphatic hydroxyl groups is 1. The lowest BCUT2D eigenvalue weighted by molar-refractivity contribution is -0.242. The fourth-order valence-corrected chi connectivity index (χ4v) is 5.61. The Kier molecular flexibility index (Phi) is 6.77. The highest BCUT2D eigenvalue weighted by atomic mass is 35.5. The van der Waals surface area contributed by atoms with E-state index in [1.165, 1.54) is 24.3 Å². The number of halogens is 4. The van der Waals surface area contributed by atoms with Crippen molar-refractivity contribution in [3.05, 3.63) is 47.5 Å². The Balaban J connectivity index is 1.80. The Morgan fingerprint density at radius 1 is 1.16 bits per heavy atom. The molecule has 1 aliphatic rings. The molecule has 0 heterocycles. The second kappa shape index (κ2) is 8.77. The van der Waals surface area contributed by atoms with Crippen LogP contribution in [0.3, 0.4) is 0 Å². The third kappa shape index (κ3) is 5.16. The van der Waals surface area contributed by atoms with Gasteiger partial charge in [-0.15, -0.1) is 0 Å². The van der Waals surface area contributed by atoms with Crippen LogP contribution >= 0.6 is 11.6 Å². The van der Waals surface area contributed by atoms with Crippen LogP contribution in [0.15, 0.2) is 57.2 Å². The molecule has 0 aromatic heterocycles. The van der Waals surface area contributed by atoms with Gasteiger partial charge < -0.3 is 10.4 Å². The average molecular weight is 510 g/mol. The Labute approximate surface area is 190 Å². The Bertz CT molecular complexity index is 1160. The minimum atomic E-state index is -5.22. The van der Waals surface area contributed by atoms with Gasteiger partial charge in [0, 0.05) is 10.6 Å². The molecule has 12 heteroatoms. The highest BCUT2D eigenvalue weighted by molar-refractivity contribution is 7.91. The summed E-state index contributed by atoms with van der Waals surface area (Å²) in [5, 5.41) is 10.9. The van der Waals surface area contributed by atoms with E-state index in [2.05, 4.69) is 0 Å². The van der Waals surface area contributed by atoms with Crippen molar-refractivity contribution in [2.24, 2.45) is 5.92 Å². The third-order valence-electron chi connectivity index (χ3n) is 4.97. The predicted molar refractivity (Wildman–Crippen MR) is 113 cm³/mol. The monoisotopic (exact) mass is 509 g/mol. The van der Waals surface area contributed by atoms with Crippen LogP contribution in [0.2, 0.25) is 5.02 Å². The van der Waals surface area contributed by atoms with Crippen LogP contribution in [-0.4, -0.2) is 41.2 Å². The molecule has 0 spiro atoms. The van der Waals surface area contributed by atoms with Gasteiger partial charge in [-0.1, -0.05) is 11.6 Å². The van der Waals surface area contributed by atoms with Gasteiger partial charge in [-0.25, -0.2) is 8.42 Å². The van der Waals surface area contributed by atoms with Crippen LogP contribution < -0.4 is 5.32 Å². The van der Waals surface area contributed by atoms with Gasteiger partial charge in [0.05, 0.1) is 31.3 Å². The molecule has 1 fully saturated rings. The summed E-state index contributed by atoms with van der Waals surface area (Å²) >= 11 is 5.97. The van der Waals surface area contributed by atoms with E-state index in [0.717, 1.165) is 31.0 Å². The van der Waals surface area contributed by atoms with Crippen molar-refractivity contribution < 1.29 is 35.7 Å². The normalized spacial score (nSPS) is 17.4. The SMILES string of the molecule is CC(O)(C(=O)Nc1ccc(S(=O)(=O)c2ccc(S(=O)CC3CC3)cc2)cc1Cl)C(F)(F)F. The second-order valence-corrected chi connectivity index (χ2v) is 11.4. The summed E-state index contributed by atoms with van der Waals surface area (Å²) in [5.74, 6) is -0.784. The van der Waals surface area contributed by atoms with Gasteiger partial charge >= 0.3 is 6.18 Å². The van der Waals surface area contributed by atoms with E-state index in [4.69, 9.17) is 11.6 Å². The molecule has 174 valence electrons. The highest BCUT2D eigenvalue weighted by Crippen LogP contribution is 2.34. The van der Waals surface area contributed by atoms with Gasteiger partial charge in [-0.3, -0.25) is 9.00 Å². The number of alkyl halides is 3. The maximum absolute atomic E-state index is 12.9. The molecule has 2 atom stereocenters. The highest BCUT2D eigenvalue weighted by Gasteiger charge is 2.55. The lowest BCUT2D eigenvalue weighted by Gasteiger charge is -2.25. The first-order chi connectivity index (χ1) is 14.7. The zero-order valence-corrected chi connectivity index (χ0v) is 19.0. The molecule has 2 unspecified atom stereocenters.